The van der Waals surface area contributed by atoms with E-state index in [1.165, 1.54) is 0 Å². The minimum Gasteiger partial charge on any atom is -0.399 e. The third-order valence-electron chi connectivity index (χ3n) is 3.28. The molecule has 0 aromatic heterocycles. The van der Waals surface area contributed by atoms with Crippen molar-refractivity contribution in [2.75, 3.05) is 0 Å². The zero-order chi connectivity index (χ0) is 14.4. The highest BCUT2D eigenvalue weighted by Gasteiger charge is 2.53. The molecule has 8 heteroatoms. The van der Waals surface area contributed by atoms with Gasteiger partial charge in [0.15, 0.2) is 0 Å². The first kappa shape index (κ1) is 15.0. The largest absolute Gasteiger partial charge is 0.498 e. The number of nitrogens with one attached hydrogen (secondary N) is 1. The minimum atomic E-state index is -4.71. The lowest BCUT2D eigenvalue weighted by atomic mass is 9.77. The van der Waals surface area contributed by atoms with E-state index in [1.807, 2.05) is 0 Å². The molecule has 18 heavy (non-hydrogen) atoms. The molecule has 0 amide bonds. The molecule has 0 spiro atoms. The van der Waals surface area contributed by atoms with Crippen LogP contribution in [0.25, 0.3) is 0 Å². The van der Waals surface area contributed by atoms with E-state index in [9.17, 15) is 13.2 Å². The smallest absolute Gasteiger partial charge is 0.399 e. The summed E-state index contributed by atoms with van der Waals surface area (Å²) in [6.45, 7) is 6.83. The Kier molecular flexibility index (Phi) is 3.57. The number of alkyl halides is 3. The Morgan fingerprint density at radius 2 is 1.56 bits per heavy atom. The lowest BCUT2D eigenvalue weighted by molar-refractivity contribution is -0.0929. The molecular formula is C10H16BF3N2O2. The van der Waals surface area contributed by atoms with E-state index in [1.54, 1.807) is 27.7 Å². The Labute approximate surface area is 104 Å². The summed E-state index contributed by atoms with van der Waals surface area (Å²) in [5.41, 5.74) is 1.57. The molecule has 4 nitrogen and oxygen atoms in total. The van der Waals surface area contributed by atoms with Gasteiger partial charge >= 0.3 is 13.3 Å². The molecule has 0 radical (unpaired) electrons. The maximum absolute atomic E-state index is 12.5. The van der Waals surface area contributed by atoms with Gasteiger partial charge in [0, 0.05) is 11.7 Å². The van der Waals surface area contributed by atoms with Crippen LogP contribution in [0, 0.1) is 5.41 Å². The number of rotatable bonds is 2. The molecule has 0 bridgehead atoms. The van der Waals surface area contributed by atoms with Crippen molar-refractivity contribution in [1.29, 1.82) is 5.41 Å². The van der Waals surface area contributed by atoms with Gasteiger partial charge < -0.3 is 20.5 Å². The zero-order valence-corrected chi connectivity index (χ0v) is 10.7. The number of hydrogen-bond acceptors (Lipinski definition) is 4. The zero-order valence-electron chi connectivity index (χ0n) is 10.7. The fourth-order valence-corrected chi connectivity index (χ4v) is 1.41. The highest BCUT2D eigenvalue weighted by atomic mass is 19.4. The van der Waals surface area contributed by atoms with Crippen LogP contribution in [-0.2, 0) is 9.31 Å². The van der Waals surface area contributed by atoms with E-state index < -0.39 is 35.7 Å². The Balaban J connectivity index is 3.13. The molecule has 1 aliphatic heterocycles. The van der Waals surface area contributed by atoms with Crippen molar-refractivity contribution in [3.63, 3.8) is 0 Å². The van der Waals surface area contributed by atoms with Crippen molar-refractivity contribution in [2.45, 2.75) is 45.1 Å². The van der Waals surface area contributed by atoms with Crippen molar-refractivity contribution < 1.29 is 22.5 Å². The summed E-state index contributed by atoms with van der Waals surface area (Å²) in [4.78, 5) is 0. The number of nitrogens with two attached hydrogens (primary N) is 1. The molecular weight excluding hydrogens is 248 g/mol. The SMILES string of the molecule is CC1(C)OB(C(C=N)=C(N)C(F)(F)F)OC1(C)C. The first-order valence-corrected chi connectivity index (χ1v) is 5.35. The third kappa shape index (κ3) is 2.54. The predicted molar refractivity (Wildman–Crippen MR) is 62.1 cm³/mol. The summed E-state index contributed by atoms with van der Waals surface area (Å²) < 4.78 is 48.4. The van der Waals surface area contributed by atoms with Gasteiger partial charge in [-0.25, -0.2) is 0 Å². The van der Waals surface area contributed by atoms with Crippen molar-refractivity contribution in [2.24, 2.45) is 5.73 Å². The molecule has 1 saturated heterocycles. The molecule has 102 valence electrons. The van der Waals surface area contributed by atoms with E-state index in [4.69, 9.17) is 20.5 Å². The number of allylic oxidation sites excluding steroid dienone is 2. The highest BCUT2D eigenvalue weighted by Crippen LogP contribution is 2.39. The molecule has 0 atom stereocenters. The van der Waals surface area contributed by atoms with Gasteiger partial charge in [0.2, 0.25) is 0 Å². The molecule has 1 heterocycles. The van der Waals surface area contributed by atoms with Crippen LogP contribution in [0.2, 0.25) is 0 Å². The van der Waals surface area contributed by atoms with Crippen LogP contribution in [0.15, 0.2) is 11.2 Å². The normalized spacial score (nSPS) is 23.8. The van der Waals surface area contributed by atoms with E-state index in [-0.39, 0.29) is 0 Å². The van der Waals surface area contributed by atoms with E-state index >= 15 is 0 Å². The average molecular weight is 264 g/mol. The molecule has 0 aliphatic carbocycles. The van der Waals surface area contributed by atoms with Gasteiger partial charge in [0.1, 0.15) is 5.70 Å². The molecule has 1 aliphatic rings. The van der Waals surface area contributed by atoms with Gasteiger partial charge in [-0.2, -0.15) is 13.2 Å². The van der Waals surface area contributed by atoms with Gasteiger partial charge in [0.25, 0.3) is 0 Å². The van der Waals surface area contributed by atoms with Crippen LogP contribution in [0.3, 0.4) is 0 Å². The standard InChI is InChI=1S/C10H16BF3N2O2/c1-8(2)9(3,4)18-11(17-8)6(5-15)7(16)10(12,13)14/h5,15H,16H2,1-4H3. The maximum Gasteiger partial charge on any atom is 0.498 e. The maximum atomic E-state index is 12.5. The first-order valence-electron chi connectivity index (χ1n) is 5.35. The average Bonchev–Trinajstić information content (AvgIpc) is 2.35. The monoisotopic (exact) mass is 264 g/mol. The Hall–Kier alpha value is -1.02. The molecule has 1 fully saturated rings. The summed E-state index contributed by atoms with van der Waals surface area (Å²) >= 11 is 0. The van der Waals surface area contributed by atoms with Crippen LogP contribution in [0.1, 0.15) is 27.7 Å². The Bertz CT molecular complexity index is 375. The van der Waals surface area contributed by atoms with Crippen molar-refractivity contribution in [3.05, 3.63) is 11.2 Å². The van der Waals surface area contributed by atoms with Crippen LogP contribution in [0.4, 0.5) is 13.2 Å². The van der Waals surface area contributed by atoms with Crippen LogP contribution >= 0.6 is 0 Å². The van der Waals surface area contributed by atoms with Crippen molar-refractivity contribution >= 4 is 13.3 Å². The first-order chi connectivity index (χ1) is 7.92. The molecule has 1 rings (SSSR count). The highest BCUT2D eigenvalue weighted by molar-refractivity contribution is 6.60. The van der Waals surface area contributed by atoms with Crippen LogP contribution in [0.5, 0.6) is 0 Å². The quantitative estimate of drug-likeness (QED) is 0.592. The predicted octanol–water partition coefficient (Wildman–Crippen LogP) is 2.04. The van der Waals surface area contributed by atoms with Crippen LogP contribution < -0.4 is 5.73 Å². The summed E-state index contributed by atoms with van der Waals surface area (Å²) in [5.74, 6) is 0. The van der Waals surface area contributed by atoms with Gasteiger partial charge in [-0.15, -0.1) is 0 Å². The van der Waals surface area contributed by atoms with Gasteiger partial charge in [-0.1, -0.05) is 0 Å². The van der Waals surface area contributed by atoms with Crippen molar-refractivity contribution in [1.82, 2.24) is 0 Å². The number of halogens is 3. The third-order valence-corrected chi connectivity index (χ3v) is 3.28. The Morgan fingerprint density at radius 3 is 1.83 bits per heavy atom. The van der Waals surface area contributed by atoms with E-state index in [0.717, 1.165) is 0 Å². The number of hydrogen-bond donors (Lipinski definition) is 2. The molecule has 0 aromatic rings. The lowest BCUT2D eigenvalue weighted by Gasteiger charge is -2.32. The summed E-state index contributed by atoms with van der Waals surface area (Å²) in [6.07, 6.45) is -4.19. The second-order valence-electron chi connectivity index (χ2n) is 5.10. The fraction of sp³-hybridized carbons (Fsp3) is 0.700. The summed E-state index contributed by atoms with van der Waals surface area (Å²) in [7, 11) is -1.28. The molecule has 0 aromatic carbocycles. The van der Waals surface area contributed by atoms with Gasteiger partial charge in [0.05, 0.1) is 11.2 Å². The fourth-order valence-electron chi connectivity index (χ4n) is 1.41. The molecule has 0 unspecified atom stereocenters. The topological polar surface area (TPSA) is 68.3 Å². The van der Waals surface area contributed by atoms with Gasteiger partial charge in [-0.3, -0.25) is 0 Å². The molecule has 3 N–H and O–H groups in total. The summed E-state index contributed by atoms with van der Waals surface area (Å²) in [6, 6.07) is 0. The second kappa shape index (κ2) is 4.27. The Morgan fingerprint density at radius 1 is 1.17 bits per heavy atom. The van der Waals surface area contributed by atoms with Crippen molar-refractivity contribution in [3.8, 4) is 0 Å². The van der Waals surface area contributed by atoms with E-state index in [0.29, 0.717) is 6.21 Å². The molecule has 0 saturated carbocycles. The minimum absolute atomic E-state index is 0.513. The van der Waals surface area contributed by atoms with Crippen LogP contribution in [-0.4, -0.2) is 30.7 Å². The van der Waals surface area contributed by atoms with Gasteiger partial charge in [-0.05, 0) is 27.7 Å². The summed E-state index contributed by atoms with van der Waals surface area (Å²) in [5, 5.41) is 7.07. The van der Waals surface area contributed by atoms with E-state index in [2.05, 4.69) is 0 Å². The lowest BCUT2D eigenvalue weighted by Crippen LogP contribution is -2.41. The second-order valence-corrected chi connectivity index (χ2v) is 5.10.